The molecule has 3 heteroatoms. The van der Waals surface area contributed by atoms with E-state index in [1.807, 2.05) is 11.8 Å². The first kappa shape index (κ1) is 9.36. The number of nitrogens with two attached hydrogens (primary N) is 1. The van der Waals surface area contributed by atoms with Crippen molar-refractivity contribution in [2.45, 2.75) is 24.9 Å². The van der Waals surface area contributed by atoms with Crippen molar-refractivity contribution in [3.8, 4) is 0 Å². The highest BCUT2D eigenvalue weighted by Gasteiger charge is 2.28. The molecule has 11 heavy (non-hydrogen) atoms. The average Bonchev–Trinajstić information content (AvgIpc) is 2.30. The fourth-order valence-electron chi connectivity index (χ4n) is 1.47. The second kappa shape index (κ2) is 4.33. The summed E-state index contributed by atoms with van der Waals surface area (Å²) >= 11 is 2.01. The molecule has 66 valence electrons. The number of hydrogen-bond donors (Lipinski definition) is 1. The second-order valence-electron chi connectivity index (χ2n) is 3.06. The molecule has 1 unspecified atom stereocenters. The summed E-state index contributed by atoms with van der Waals surface area (Å²) in [6, 6.07) is 0. The molecule has 0 bridgehead atoms. The SMILES string of the molecule is COC1(CN)CCCSCC1. The summed E-state index contributed by atoms with van der Waals surface area (Å²) in [5, 5.41) is 0. The van der Waals surface area contributed by atoms with E-state index in [1.54, 1.807) is 7.11 Å². The highest BCUT2D eigenvalue weighted by molar-refractivity contribution is 7.99. The zero-order chi connectivity index (χ0) is 8.16. The Morgan fingerprint density at radius 2 is 2.27 bits per heavy atom. The average molecular weight is 175 g/mol. The quantitative estimate of drug-likeness (QED) is 0.686. The maximum atomic E-state index is 5.68. The molecule has 0 aromatic heterocycles. The lowest BCUT2D eigenvalue weighted by Gasteiger charge is -2.29. The smallest absolute Gasteiger partial charge is 0.0808 e. The number of thioether (sulfide) groups is 1. The third kappa shape index (κ3) is 2.36. The van der Waals surface area contributed by atoms with Crippen LogP contribution in [0.15, 0.2) is 0 Å². The largest absolute Gasteiger partial charge is 0.377 e. The summed E-state index contributed by atoms with van der Waals surface area (Å²) in [7, 11) is 1.78. The van der Waals surface area contributed by atoms with Gasteiger partial charge in [0, 0.05) is 13.7 Å². The van der Waals surface area contributed by atoms with Crippen molar-refractivity contribution in [3.63, 3.8) is 0 Å². The Balaban J connectivity index is 2.49. The van der Waals surface area contributed by atoms with Gasteiger partial charge in [0.1, 0.15) is 0 Å². The van der Waals surface area contributed by atoms with Gasteiger partial charge >= 0.3 is 0 Å². The third-order valence-electron chi connectivity index (χ3n) is 2.43. The maximum absolute atomic E-state index is 5.68. The molecule has 1 fully saturated rings. The van der Waals surface area contributed by atoms with Crippen molar-refractivity contribution < 1.29 is 4.74 Å². The van der Waals surface area contributed by atoms with Gasteiger partial charge in [0.05, 0.1) is 5.60 Å². The van der Waals surface area contributed by atoms with Crippen molar-refractivity contribution in [3.05, 3.63) is 0 Å². The normalized spacial score (nSPS) is 33.3. The lowest BCUT2D eigenvalue weighted by molar-refractivity contribution is -0.0110. The van der Waals surface area contributed by atoms with Crippen molar-refractivity contribution in [2.24, 2.45) is 5.73 Å². The van der Waals surface area contributed by atoms with Gasteiger partial charge in [-0.3, -0.25) is 0 Å². The Bertz CT molecular complexity index is 105. The molecule has 0 radical (unpaired) electrons. The first-order chi connectivity index (χ1) is 5.33. The van der Waals surface area contributed by atoms with Crippen LogP contribution in [0.5, 0.6) is 0 Å². The van der Waals surface area contributed by atoms with Crippen molar-refractivity contribution in [1.82, 2.24) is 0 Å². The van der Waals surface area contributed by atoms with Gasteiger partial charge in [-0.25, -0.2) is 0 Å². The summed E-state index contributed by atoms with van der Waals surface area (Å²) in [6.07, 6.45) is 3.49. The fourth-order valence-corrected chi connectivity index (χ4v) is 2.54. The first-order valence-corrected chi connectivity index (χ1v) is 5.31. The predicted molar refractivity (Wildman–Crippen MR) is 50.0 cm³/mol. The fraction of sp³-hybridized carbons (Fsp3) is 1.00. The molecule has 2 N–H and O–H groups in total. The van der Waals surface area contributed by atoms with Gasteiger partial charge in [-0.2, -0.15) is 11.8 Å². The van der Waals surface area contributed by atoms with E-state index in [0.29, 0.717) is 6.54 Å². The summed E-state index contributed by atoms with van der Waals surface area (Å²) in [5.41, 5.74) is 5.69. The molecule has 0 aromatic rings. The van der Waals surface area contributed by atoms with Crippen molar-refractivity contribution in [1.29, 1.82) is 0 Å². The molecular weight excluding hydrogens is 158 g/mol. The molecule has 1 aliphatic rings. The van der Waals surface area contributed by atoms with Gasteiger partial charge in [-0.05, 0) is 30.8 Å². The van der Waals surface area contributed by atoms with E-state index in [2.05, 4.69) is 0 Å². The van der Waals surface area contributed by atoms with E-state index in [9.17, 15) is 0 Å². The molecule has 0 amide bonds. The summed E-state index contributed by atoms with van der Waals surface area (Å²) in [6.45, 7) is 0.671. The molecule has 0 aliphatic carbocycles. The van der Waals surface area contributed by atoms with Crippen LogP contribution in [0.25, 0.3) is 0 Å². The molecule has 1 rings (SSSR count). The number of rotatable bonds is 2. The minimum atomic E-state index is 0.00347. The number of methoxy groups -OCH3 is 1. The van der Waals surface area contributed by atoms with Crippen molar-refractivity contribution in [2.75, 3.05) is 25.2 Å². The van der Waals surface area contributed by atoms with Gasteiger partial charge in [-0.15, -0.1) is 0 Å². The summed E-state index contributed by atoms with van der Waals surface area (Å²) in [5.74, 6) is 2.47. The Morgan fingerprint density at radius 3 is 2.91 bits per heavy atom. The summed E-state index contributed by atoms with van der Waals surface area (Å²) in [4.78, 5) is 0. The molecule has 1 heterocycles. The van der Waals surface area contributed by atoms with Crippen LogP contribution in [0, 0.1) is 0 Å². The molecule has 0 saturated carbocycles. The van der Waals surface area contributed by atoms with Crippen LogP contribution >= 0.6 is 11.8 Å². The lowest BCUT2D eigenvalue weighted by Crippen LogP contribution is -2.39. The molecule has 1 saturated heterocycles. The van der Waals surface area contributed by atoms with Gasteiger partial charge < -0.3 is 10.5 Å². The van der Waals surface area contributed by atoms with Crippen molar-refractivity contribution >= 4 is 11.8 Å². The van der Waals surface area contributed by atoms with Crippen LogP contribution in [-0.4, -0.2) is 30.8 Å². The van der Waals surface area contributed by atoms with Gasteiger partial charge in [-0.1, -0.05) is 0 Å². The molecule has 0 aromatic carbocycles. The Morgan fingerprint density at radius 1 is 1.45 bits per heavy atom. The zero-order valence-corrected chi connectivity index (χ0v) is 7.95. The predicted octanol–water partition coefficient (Wildman–Crippen LogP) is 1.25. The standard InChI is InChI=1S/C8H17NOS/c1-10-8(7-9)3-2-5-11-6-4-8/h2-7,9H2,1H3. The van der Waals surface area contributed by atoms with Crippen LogP contribution in [0.2, 0.25) is 0 Å². The van der Waals surface area contributed by atoms with Crippen LogP contribution in [-0.2, 0) is 4.74 Å². The Kier molecular flexibility index (Phi) is 3.69. The number of ether oxygens (including phenoxy) is 1. The van der Waals surface area contributed by atoms with Crippen LogP contribution in [0.1, 0.15) is 19.3 Å². The molecule has 1 atom stereocenters. The maximum Gasteiger partial charge on any atom is 0.0808 e. The highest BCUT2D eigenvalue weighted by Crippen LogP contribution is 2.27. The Labute approximate surface area is 72.9 Å². The van der Waals surface area contributed by atoms with E-state index in [0.717, 1.165) is 12.8 Å². The Hall–Kier alpha value is 0.270. The lowest BCUT2D eigenvalue weighted by atomic mass is 9.95. The number of hydrogen-bond acceptors (Lipinski definition) is 3. The highest BCUT2D eigenvalue weighted by atomic mass is 32.2. The van der Waals surface area contributed by atoms with E-state index < -0.39 is 0 Å². The molecule has 1 aliphatic heterocycles. The second-order valence-corrected chi connectivity index (χ2v) is 4.28. The monoisotopic (exact) mass is 175 g/mol. The zero-order valence-electron chi connectivity index (χ0n) is 7.14. The first-order valence-electron chi connectivity index (χ1n) is 4.16. The van der Waals surface area contributed by atoms with Gasteiger partial charge in [0.25, 0.3) is 0 Å². The van der Waals surface area contributed by atoms with Crippen LogP contribution < -0.4 is 5.73 Å². The third-order valence-corrected chi connectivity index (χ3v) is 3.50. The van der Waals surface area contributed by atoms with E-state index in [4.69, 9.17) is 10.5 Å². The molecule has 2 nitrogen and oxygen atoms in total. The molecule has 0 spiro atoms. The minimum absolute atomic E-state index is 0.00347. The van der Waals surface area contributed by atoms with Gasteiger partial charge in [0.15, 0.2) is 0 Å². The summed E-state index contributed by atoms with van der Waals surface area (Å²) < 4.78 is 5.47. The molecular formula is C8H17NOS. The van der Waals surface area contributed by atoms with E-state index in [-0.39, 0.29) is 5.60 Å². The van der Waals surface area contributed by atoms with Crippen LogP contribution in [0.4, 0.5) is 0 Å². The van der Waals surface area contributed by atoms with Gasteiger partial charge in [0.2, 0.25) is 0 Å². The minimum Gasteiger partial charge on any atom is -0.377 e. The van der Waals surface area contributed by atoms with E-state index in [1.165, 1.54) is 17.9 Å². The topological polar surface area (TPSA) is 35.2 Å². The van der Waals surface area contributed by atoms with E-state index >= 15 is 0 Å². The van der Waals surface area contributed by atoms with Crippen LogP contribution in [0.3, 0.4) is 0 Å².